The predicted molar refractivity (Wildman–Crippen MR) is 72.9 cm³/mol. The van der Waals surface area contributed by atoms with E-state index >= 15 is 0 Å². The van der Waals surface area contributed by atoms with Crippen LogP contribution in [0.1, 0.15) is 38.3 Å². The van der Waals surface area contributed by atoms with E-state index in [0.717, 1.165) is 18.4 Å². The highest BCUT2D eigenvalue weighted by Crippen LogP contribution is 2.37. The van der Waals surface area contributed by atoms with Crippen LogP contribution in [0.25, 0.3) is 0 Å². The van der Waals surface area contributed by atoms with Crippen molar-refractivity contribution in [2.45, 2.75) is 44.4 Å². The molecule has 1 heterocycles. The lowest BCUT2D eigenvalue weighted by atomic mass is 9.90. The van der Waals surface area contributed by atoms with Gasteiger partial charge in [0.1, 0.15) is 17.7 Å². The molecule has 1 aromatic carbocycles. The Bertz CT molecular complexity index is 448. The van der Waals surface area contributed by atoms with Gasteiger partial charge in [0, 0.05) is 37.6 Å². The van der Waals surface area contributed by atoms with Crippen molar-refractivity contribution >= 4 is 0 Å². The lowest BCUT2D eigenvalue weighted by Gasteiger charge is -2.36. The van der Waals surface area contributed by atoms with E-state index in [-0.39, 0.29) is 23.6 Å². The van der Waals surface area contributed by atoms with Gasteiger partial charge in [-0.1, -0.05) is 6.07 Å². The van der Waals surface area contributed by atoms with Crippen LogP contribution in [0.5, 0.6) is 5.75 Å². The molecule has 0 fully saturated rings. The summed E-state index contributed by atoms with van der Waals surface area (Å²) in [5, 5.41) is 3.27. The van der Waals surface area contributed by atoms with Crippen molar-refractivity contribution in [3.63, 3.8) is 0 Å². The zero-order valence-electron chi connectivity index (χ0n) is 12.0. The molecule has 0 radical (unpaired) electrons. The van der Waals surface area contributed by atoms with Gasteiger partial charge in [0.25, 0.3) is 0 Å². The minimum Gasteiger partial charge on any atom is -0.490 e. The standard InChI is InChI=1S/C15H22FNO2/c1-15(2,18-4)9-11-8-13(17-3)12-6-5-10(16)7-14(12)19-11/h5-7,11,13,17H,8-9H2,1-4H3. The molecule has 0 amide bonds. The van der Waals surface area contributed by atoms with Crippen molar-refractivity contribution in [2.75, 3.05) is 14.2 Å². The molecule has 0 bridgehead atoms. The molecule has 1 N–H and O–H groups in total. The Morgan fingerprint density at radius 1 is 1.47 bits per heavy atom. The Balaban J connectivity index is 2.21. The number of rotatable bonds is 4. The third kappa shape index (κ3) is 3.25. The molecule has 4 heteroatoms. The van der Waals surface area contributed by atoms with E-state index in [0.29, 0.717) is 5.75 Å². The molecular formula is C15H22FNO2. The smallest absolute Gasteiger partial charge is 0.127 e. The molecule has 1 aliphatic rings. The highest BCUT2D eigenvalue weighted by atomic mass is 19.1. The Morgan fingerprint density at radius 2 is 2.21 bits per heavy atom. The maximum Gasteiger partial charge on any atom is 0.127 e. The largest absolute Gasteiger partial charge is 0.490 e. The molecule has 2 atom stereocenters. The van der Waals surface area contributed by atoms with Crippen LogP contribution in [0, 0.1) is 5.82 Å². The molecule has 106 valence electrons. The minimum atomic E-state index is -0.264. The van der Waals surface area contributed by atoms with E-state index in [1.807, 2.05) is 20.9 Å². The van der Waals surface area contributed by atoms with Gasteiger partial charge >= 0.3 is 0 Å². The van der Waals surface area contributed by atoms with Crippen LogP contribution in [0.4, 0.5) is 4.39 Å². The average molecular weight is 267 g/mol. The van der Waals surface area contributed by atoms with Crippen LogP contribution in [-0.4, -0.2) is 25.9 Å². The van der Waals surface area contributed by atoms with E-state index in [1.54, 1.807) is 13.2 Å². The van der Waals surface area contributed by atoms with Gasteiger partial charge in [0.05, 0.1) is 5.60 Å². The molecule has 19 heavy (non-hydrogen) atoms. The van der Waals surface area contributed by atoms with Gasteiger partial charge in [-0.2, -0.15) is 0 Å². The van der Waals surface area contributed by atoms with Gasteiger partial charge in [-0.05, 0) is 27.0 Å². The number of hydrogen-bond acceptors (Lipinski definition) is 3. The van der Waals surface area contributed by atoms with Crippen molar-refractivity contribution in [1.82, 2.24) is 5.32 Å². The summed E-state index contributed by atoms with van der Waals surface area (Å²) in [6, 6.07) is 4.93. The van der Waals surface area contributed by atoms with Crippen LogP contribution < -0.4 is 10.1 Å². The van der Waals surface area contributed by atoms with E-state index in [2.05, 4.69) is 5.32 Å². The summed E-state index contributed by atoms with van der Waals surface area (Å²) in [5.41, 5.74) is 0.781. The third-order valence-corrected chi connectivity index (χ3v) is 3.76. The summed E-state index contributed by atoms with van der Waals surface area (Å²) in [5.74, 6) is 0.378. The van der Waals surface area contributed by atoms with E-state index < -0.39 is 0 Å². The first-order valence-electron chi connectivity index (χ1n) is 6.63. The van der Waals surface area contributed by atoms with Gasteiger partial charge in [-0.15, -0.1) is 0 Å². The van der Waals surface area contributed by atoms with Gasteiger partial charge in [-0.3, -0.25) is 0 Å². The molecule has 2 rings (SSSR count). The monoisotopic (exact) mass is 267 g/mol. The molecule has 1 aliphatic heterocycles. The van der Waals surface area contributed by atoms with Crippen molar-refractivity contribution < 1.29 is 13.9 Å². The average Bonchev–Trinajstić information content (AvgIpc) is 2.36. The Labute approximate surface area is 114 Å². The fraction of sp³-hybridized carbons (Fsp3) is 0.600. The lowest BCUT2D eigenvalue weighted by molar-refractivity contribution is -0.0203. The highest BCUT2D eigenvalue weighted by molar-refractivity contribution is 5.38. The Hall–Kier alpha value is -1.13. The molecule has 1 aromatic rings. The van der Waals surface area contributed by atoms with Gasteiger partial charge in [0.2, 0.25) is 0 Å². The summed E-state index contributed by atoms with van der Waals surface area (Å²) in [7, 11) is 3.62. The van der Waals surface area contributed by atoms with Crippen molar-refractivity contribution in [1.29, 1.82) is 0 Å². The first kappa shape index (κ1) is 14.3. The van der Waals surface area contributed by atoms with Crippen molar-refractivity contribution in [3.05, 3.63) is 29.6 Å². The summed E-state index contributed by atoms with van der Waals surface area (Å²) >= 11 is 0. The van der Waals surface area contributed by atoms with Crippen molar-refractivity contribution in [2.24, 2.45) is 0 Å². The number of halogens is 1. The Morgan fingerprint density at radius 3 is 2.84 bits per heavy atom. The highest BCUT2D eigenvalue weighted by Gasteiger charge is 2.32. The van der Waals surface area contributed by atoms with Gasteiger partial charge in [0.15, 0.2) is 0 Å². The molecule has 0 saturated carbocycles. The molecule has 2 unspecified atom stereocenters. The second kappa shape index (κ2) is 5.47. The summed E-state index contributed by atoms with van der Waals surface area (Å²) in [6.07, 6.45) is 1.67. The van der Waals surface area contributed by atoms with E-state index in [9.17, 15) is 4.39 Å². The van der Waals surface area contributed by atoms with Crippen LogP contribution in [-0.2, 0) is 4.74 Å². The number of fused-ring (bicyclic) bond motifs is 1. The number of methoxy groups -OCH3 is 1. The molecular weight excluding hydrogens is 245 g/mol. The summed E-state index contributed by atoms with van der Waals surface area (Å²) < 4.78 is 24.7. The topological polar surface area (TPSA) is 30.5 Å². The minimum absolute atomic E-state index is 0.0294. The maximum atomic E-state index is 13.3. The van der Waals surface area contributed by atoms with Crippen LogP contribution in [0.15, 0.2) is 18.2 Å². The normalized spacial score (nSPS) is 22.8. The van der Waals surface area contributed by atoms with Crippen molar-refractivity contribution in [3.8, 4) is 5.75 Å². The zero-order valence-corrected chi connectivity index (χ0v) is 12.0. The fourth-order valence-corrected chi connectivity index (χ4v) is 2.55. The zero-order chi connectivity index (χ0) is 14.0. The first-order valence-corrected chi connectivity index (χ1v) is 6.63. The second-order valence-electron chi connectivity index (χ2n) is 5.67. The number of nitrogens with one attached hydrogen (secondary N) is 1. The van der Waals surface area contributed by atoms with Crippen LogP contribution in [0.2, 0.25) is 0 Å². The molecule has 0 spiro atoms. The van der Waals surface area contributed by atoms with E-state index in [4.69, 9.17) is 9.47 Å². The summed E-state index contributed by atoms with van der Waals surface area (Å²) in [4.78, 5) is 0. The molecule has 0 saturated heterocycles. The SMILES string of the molecule is CNC1CC(CC(C)(C)OC)Oc2cc(F)ccc21. The van der Waals surface area contributed by atoms with E-state index in [1.165, 1.54) is 12.1 Å². The van der Waals surface area contributed by atoms with Gasteiger partial charge < -0.3 is 14.8 Å². The fourth-order valence-electron chi connectivity index (χ4n) is 2.55. The number of ether oxygens (including phenoxy) is 2. The Kier molecular flexibility index (Phi) is 4.11. The van der Waals surface area contributed by atoms with Gasteiger partial charge in [-0.25, -0.2) is 4.39 Å². The third-order valence-electron chi connectivity index (χ3n) is 3.76. The first-order chi connectivity index (χ1) is 8.95. The lowest BCUT2D eigenvalue weighted by Crippen LogP contribution is -2.37. The van der Waals surface area contributed by atoms with Crippen LogP contribution in [0.3, 0.4) is 0 Å². The predicted octanol–water partition coefficient (Wildman–Crippen LogP) is 3.05. The molecule has 0 aromatic heterocycles. The quantitative estimate of drug-likeness (QED) is 0.909. The number of hydrogen-bond donors (Lipinski definition) is 1. The maximum absolute atomic E-state index is 13.3. The summed E-state index contributed by atoms with van der Waals surface area (Å²) in [6.45, 7) is 4.07. The molecule has 0 aliphatic carbocycles. The second-order valence-corrected chi connectivity index (χ2v) is 5.67. The van der Waals surface area contributed by atoms with Crippen LogP contribution >= 0.6 is 0 Å². The number of benzene rings is 1. The molecule has 3 nitrogen and oxygen atoms in total.